The van der Waals surface area contributed by atoms with Crippen molar-refractivity contribution in [2.24, 2.45) is 5.92 Å². The molecule has 0 spiro atoms. The van der Waals surface area contributed by atoms with Crippen LogP contribution in [-0.2, 0) is 27.3 Å². The number of nitrogens with one attached hydrogen (secondary N) is 1. The van der Waals surface area contributed by atoms with Crippen LogP contribution < -0.4 is 5.32 Å². The van der Waals surface area contributed by atoms with Gasteiger partial charge >= 0.3 is 5.97 Å². The van der Waals surface area contributed by atoms with Gasteiger partial charge in [0.25, 0.3) is 5.89 Å². The highest BCUT2D eigenvalue weighted by atomic mass is 32.2. The third-order valence-electron chi connectivity index (χ3n) is 3.52. The largest absolute Gasteiger partial charge is 0.452 e. The van der Waals surface area contributed by atoms with E-state index in [1.807, 2.05) is 0 Å². The highest BCUT2D eigenvalue weighted by Gasteiger charge is 2.16. The summed E-state index contributed by atoms with van der Waals surface area (Å²) in [6, 6.07) is 6.98. The number of amides is 1. The van der Waals surface area contributed by atoms with Crippen LogP contribution in [0.2, 0.25) is 0 Å². The van der Waals surface area contributed by atoms with Gasteiger partial charge in [0.15, 0.2) is 12.4 Å². The number of aromatic nitrogens is 2. The smallest absolute Gasteiger partial charge is 0.339 e. The highest BCUT2D eigenvalue weighted by molar-refractivity contribution is 8.00. The molecule has 28 heavy (non-hydrogen) atoms. The van der Waals surface area contributed by atoms with Crippen molar-refractivity contribution in [1.82, 2.24) is 15.5 Å². The summed E-state index contributed by atoms with van der Waals surface area (Å²) in [5.41, 5.74) is 0.388. The number of carbonyl (C=O) groups excluding carboxylic acids is 2. The Morgan fingerprint density at radius 2 is 2.07 bits per heavy atom. The third-order valence-corrected chi connectivity index (χ3v) is 4.60. The summed E-state index contributed by atoms with van der Waals surface area (Å²) < 4.78 is 15.3. The number of hydrogen-bond donors (Lipinski definition) is 1. The van der Waals surface area contributed by atoms with Crippen LogP contribution in [0.5, 0.6) is 0 Å². The molecule has 0 fully saturated rings. The average molecular weight is 407 g/mol. The molecule has 2 aromatic rings. The summed E-state index contributed by atoms with van der Waals surface area (Å²) in [6.07, 6.45) is 0.698. The Labute approximate surface area is 168 Å². The molecular weight excluding hydrogens is 382 g/mol. The molecule has 0 aliphatic rings. The van der Waals surface area contributed by atoms with Gasteiger partial charge in [0.1, 0.15) is 0 Å². The van der Waals surface area contributed by atoms with Crippen molar-refractivity contribution in [3.05, 3.63) is 41.5 Å². The molecular formula is C19H25N3O5S. The van der Waals surface area contributed by atoms with Gasteiger partial charge in [0.05, 0.1) is 17.9 Å². The Kier molecular flexibility index (Phi) is 8.96. The zero-order valence-corrected chi connectivity index (χ0v) is 17.1. The summed E-state index contributed by atoms with van der Waals surface area (Å²) in [4.78, 5) is 29.1. The van der Waals surface area contributed by atoms with Gasteiger partial charge in [-0.3, -0.25) is 4.79 Å². The lowest BCUT2D eigenvalue weighted by atomic mass is 10.1. The lowest BCUT2D eigenvalue weighted by Gasteiger charge is -2.09. The van der Waals surface area contributed by atoms with E-state index >= 15 is 0 Å². The van der Waals surface area contributed by atoms with E-state index in [2.05, 4.69) is 29.3 Å². The second-order valence-electron chi connectivity index (χ2n) is 6.41. The van der Waals surface area contributed by atoms with Crippen LogP contribution in [0.1, 0.15) is 35.9 Å². The molecule has 0 unspecified atom stereocenters. The molecule has 2 rings (SSSR count). The van der Waals surface area contributed by atoms with E-state index in [-0.39, 0.29) is 24.2 Å². The van der Waals surface area contributed by atoms with Crippen molar-refractivity contribution < 1.29 is 23.6 Å². The number of methoxy groups -OCH3 is 1. The normalized spacial score (nSPS) is 10.9. The minimum atomic E-state index is -0.508. The predicted octanol–water partition coefficient (Wildman–Crippen LogP) is 2.48. The van der Waals surface area contributed by atoms with Crippen molar-refractivity contribution in [2.75, 3.05) is 26.0 Å². The summed E-state index contributed by atoms with van der Waals surface area (Å²) in [7, 11) is 1.57. The van der Waals surface area contributed by atoms with Gasteiger partial charge < -0.3 is 19.3 Å². The average Bonchev–Trinajstić information content (AvgIpc) is 3.11. The lowest BCUT2D eigenvalue weighted by molar-refractivity contribution is -0.118. The summed E-state index contributed by atoms with van der Waals surface area (Å²) >= 11 is 1.27. The first kappa shape index (κ1) is 21.9. The van der Waals surface area contributed by atoms with Crippen LogP contribution in [0, 0.1) is 5.92 Å². The van der Waals surface area contributed by atoms with Gasteiger partial charge in [-0.15, -0.1) is 11.8 Å². The number of esters is 1. The van der Waals surface area contributed by atoms with E-state index in [4.69, 9.17) is 14.0 Å². The summed E-state index contributed by atoms with van der Waals surface area (Å²) in [5, 5.41) is 6.61. The van der Waals surface area contributed by atoms with Gasteiger partial charge in [-0.1, -0.05) is 31.1 Å². The Morgan fingerprint density at radius 3 is 2.82 bits per heavy atom. The van der Waals surface area contributed by atoms with Crippen LogP contribution in [0.25, 0.3) is 0 Å². The van der Waals surface area contributed by atoms with Crippen LogP contribution in [0.3, 0.4) is 0 Å². The zero-order chi connectivity index (χ0) is 20.4. The molecule has 0 aliphatic carbocycles. The van der Waals surface area contributed by atoms with E-state index in [1.165, 1.54) is 11.8 Å². The fourth-order valence-corrected chi connectivity index (χ4v) is 3.12. The molecule has 0 saturated heterocycles. The maximum atomic E-state index is 12.4. The molecule has 1 amide bonds. The quantitative estimate of drug-likeness (QED) is 0.344. The molecule has 0 saturated carbocycles. The molecule has 1 heterocycles. The van der Waals surface area contributed by atoms with Gasteiger partial charge in [-0.25, -0.2) is 4.79 Å². The Balaban J connectivity index is 1.89. The molecule has 1 aromatic heterocycles. The topological polar surface area (TPSA) is 104 Å². The maximum Gasteiger partial charge on any atom is 0.339 e. The zero-order valence-electron chi connectivity index (χ0n) is 16.3. The van der Waals surface area contributed by atoms with E-state index in [0.717, 1.165) is 0 Å². The van der Waals surface area contributed by atoms with Crippen molar-refractivity contribution in [3.63, 3.8) is 0 Å². The molecule has 0 bridgehead atoms. The van der Waals surface area contributed by atoms with Crippen molar-refractivity contribution in [3.8, 4) is 0 Å². The highest BCUT2D eigenvalue weighted by Crippen LogP contribution is 2.23. The Bertz CT molecular complexity index is 778. The molecule has 152 valence electrons. The van der Waals surface area contributed by atoms with Gasteiger partial charge in [0, 0.05) is 25.0 Å². The minimum Gasteiger partial charge on any atom is -0.452 e. The lowest BCUT2D eigenvalue weighted by Crippen LogP contribution is -2.28. The number of carbonyl (C=O) groups is 2. The Hall–Kier alpha value is -2.39. The standard InChI is InChI=1S/C19H25N3O5S/c1-13(2)10-16-21-18(27-22-16)11-26-19(24)14-6-4-5-7-15(14)28-12-17(23)20-8-9-25-3/h4-7,13H,8-12H2,1-3H3,(H,20,23). The van der Waals surface area contributed by atoms with Crippen LogP contribution >= 0.6 is 11.8 Å². The van der Waals surface area contributed by atoms with E-state index < -0.39 is 5.97 Å². The predicted molar refractivity (Wildman–Crippen MR) is 104 cm³/mol. The Morgan fingerprint density at radius 1 is 1.29 bits per heavy atom. The summed E-state index contributed by atoms with van der Waals surface area (Å²) in [6.45, 7) is 4.92. The number of benzene rings is 1. The van der Waals surface area contributed by atoms with Crippen molar-refractivity contribution >= 4 is 23.6 Å². The second-order valence-corrected chi connectivity index (χ2v) is 7.42. The molecule has 1 N–H and O–H groups in total. The fourth-order valence-electron chi connectivity index (χ4n) is 2.25. The molecule has 0 radical (unpaired) electrons. The van der Waals surface area contributed by atoms with E-state index in [9.17, 15) is 9.59 Å². The molecule has 0 aliphatic heterocycles. The van der Waals surface area contributed by atoms with Gasteiger partial charge in [0.2, 0.25) is 5.91 Å². The number of ether oxygens (including phenoxy) is 2. The van der Waals surface area contributed by atoms with Crippen LogP contribution in [0.15, 0.2) is 33.7 Å². The monoisotopic (exact) mass is 407 g/mol. The number of nitrogens with zero attached hydrogens (tertiary/aromatic N) is 2. The second kappa shape index (κ2) is 11.5. The van der Waals surface area contributed by atoms with Crippen molar-refractivity contribution in [2.45, 2.75) is 31.8 Å². The van der Waals surface area contributed by atoms with Gasteiger partial charge in [-0.05, 0) is 18.1 Å². The fraction of sp³-hybridized carbons (Fsp3) is 0.474. The first-order chi connectivity index (χ1) is 13.5. The third kappa shape index (κ3) is 7.32. The van der Waals surface area contributed by atoms with E-state index in [0.29, 0.717) is 41.8 Å². The minimum absolute atomic E-state index is 0.0968. The SMILES string of the molecule is COCCNC(=O)CSc1ccccc1C(=O)OCc1nc(CC(C)C)no1. The molecule has 8 nitrogen and oxygen atoms in total. The van der Waals surface area contributed by atoms with Crippen molar-refractivity contribution in [1.29, 1.82) is 0 Å². The molecule has 9 heteroatoms. The van der Waals surface area contributed by atoms with E-state index in [1.54, 1.807) is 31.4 Å². The molecule has 1 aromatic carbocycles. The first-order valence-corrected chi connectivity index (χ1v) is 9.94. The van der Waals surface area contributed by atoms with Crippen LogP contribution in [0.4, 0.5) is 0 Å². The number of thioether (sulfide) groups is 1. The van der Waals surface area contributed by atoms with Crippen LogP contribution in [-0.4, -0.2) is 48.0 Å². The summed E-state index contributed by atoms with van der Waals surface area (Å²) in [5.74, 6) is 0.808. The van der Waals surface area contributed by atoms with Gasteiger partial charge in [-0.2, -0.15) is 4.98 Å². The first-order valence-electron chi connectivity index (χ1n) is 8.95. The molecule has 0 atom stereocenters. The maximum absolute atomic E-state index is 12.4. The number of rotatable bonds is 11. The number of hydrogen-bond acceptors (Lipinski definition) is 8.